The van der Waals surface area contributed by atoms with Gasteiger partial charge in [-0.2, -0.15) is 10.5 Å². The number of fused-ring (bicyclic) bond motifs is 1. The van der Waals surface area contributed by atoms with Crippen LogP contribution in [-0.4, -0.2) is 133 Å². The van der Waals surface area contributed by atoms with Crippen LogP contribution in [0.3, 0.4) is 0 Å². The molecule has 0 radical (unpaired) electrons. The molecule has 14 nitrogen and oxygen atoms in total. The second-order valence-electron chi connectivity index (χ2n) is 8.05. The quantitative estimate of drug-likeness (QED) is 0.146. The number of hydrogen-bond acceptors (Lipinski definition) is 14. The van der Waals surface area contributed by atoms with E-state index >= 15 is 0 Å². The molecule has 2 rings (SSSR count). The molecule has 2 aliphatic rings. The Morgan fingerprint density at radius 3 is 1.09 bits per heavy atom. The Balaban J connectivity index is 2.29. The van der Waals surface area contributed by atoms with E-state index in [1.54, 1.807) is 0 Å². The maximum Gasteiger partial charge on any atom is 0.343 e. The number of methoxy groups -OCH3 is 2. The maximum absolute atomic E-state index is 11.8. The number of rotatable bonds is 12. The molecule has 14 heteroatoms. The van der Waals surface area contributed by atoms with Crippen LogP contribution >= 0.6 is 0 Å². The van der Waals surface area contributed by atoms with Gasteiger partial charge >= 0.3 is 23.9 Å². The van der Waals surface area contributed by atoms with E-state index in [1.165, 1.54) is 14.2 Å². The van der Waals surface area contributed by atoms with Crippen molar-refractivity contribution in [3.05, 3.63) is 0 Å². The summed E-state index contributed by atoms with van der Waals surface area (Å²) in [5.41, 5.74) is 0. The third-order valence-corrected chi connectivity index (χ3v) is 6.18. The fraction of sp³-hybridized carbons (Fsp3) is 0.800. The molecule has 2 heterocycles. The van der Waals surface area contributed by atoms with Gasteiger partial charge in [-0.15, -0.1) is 0 Å². The highest BCUT2D eigenvalue weighted by Gasteiger charge is 2.46. The monoisotopic (exact) mass is 490 g/mol. The molecule has 2 atom stereocenters. The van der Waals surface area contributed by atoms with Crippen LogP contribution in [0.2, 0.25) is 0 Å². The summed E-state index contributed by atoms with van der Waals surface area (Å²) < 4.78 is 9.56. The van der Waals surface area contributed by atoms with Gasteiger partial charge in [0, 0.05) is 52.4 Å². The average molecular weight is 491 g/mol. The summed E-state index contributed by atoms with van der Waals surface area (Å²) in [6.45, 7) is 3.67. The minimum atomic E-state index is -0.760. The lowest BCUT2D eigenvalue weighted by molar-refractivity contribution is -0.236. The molecular weight excluding hydrogens is 456 g/mol. The van der Waals surface area contributed by atoms with Crippen LogP contribution in [0.15, 0.2) is 0 Å². The zero-order valence-corrected chi connectivity index (χ0v) is 19.6. The van der Waals surface area contributed by atoms with Gasteiger partial charge < -0.3 is 19.2 Å². The minimum Gasteiger partial charge on any atom is -0.469 e. The molecule has 34 heavy (non-hydrogen) atoms. The van der Waals surface area contributed by atoms with E-state index in [1.807, 2.05) is 0 Å². The standard InChI is InChI=1S/C20H34N4O10/c1-31-15(25)3-7-21-11-12-22(8-4-16(26)32-2)20-19(21)23(9-5-17(27)33-29)13-14-24(20)10-6-18(28)34-30/h19-20,29-30H,3-14H2,1-2H3. The van der Waals surface area contributed by atoms with Crippen molar-refractivity contribution in [2.45, 2.75) is 38.0 Å². The number of esters is 2. The van der Waals surface area contributed by atoms with Gasteiger partial charge in [-0.3, -0.25) is 29.2 Å². The summed E-state index contributed by atoms with van der Waals surface area (Å²) in [6.07, 6.45) is -0.313. The number of ether oxygens (including phenoxy) is 2. The minimum absolute atomic E-state index is 0.0381. The first kappa shape index (κ1) is 27.9. The van der Waals surface area contributed by atoms with E-state index in [4.69, 9.17) is 20.0 Å². The van der Waals surface area contributed by atoms with E-state index in [0.717, 1.165) is 0 Å². The molecule has 2 aliphatic heterocycles. The molecule has 0 saturated carbocycles. The predicted octanol–water partition coefficient (Wildman–Crippen LogP) is -1.19. The molecule has 0 spiro atoms. The van der Waals surface area contributed by atoms with Crippen LogP contribution in [0.4, 0.5) is 0 Å². The maximum atomic E-state index is 11.8. The van der Waals surface area contributed by atoms with Gasteiger partial charge in [-0.25, -0.2) is 9.59 Å². The molecule has 0 aromatic heterocycles. The topological polar surface area (TPSA) is 159 Å². The van der Waals surface area contributed by atoms with Crippen molar-refractivity contribution in [1.29, 1.82) is 0 Å². The Bertz CT molecular complexity index is 595. The molecule has 0 aromatic rings. The third-order valence-electron chi connectivity index (χ3n) is 6.18. The fourth-order valence-electron chi connectivity index (χ4n) is 4.47. The normalized spacial score (nSPS) is 22.0. The van der Waals surface area contributed by atoms with E-state index in [2.05, 4.69) is 29.4 Å². The smallest absolute Gasteiger partial charge is 0.343 e. The van der Waals surface area contributed by atoms with Crippen LogP contribution < -0.4 is 0 Å². The lowest BCUT2D eigenvalue weighted by Crippen LogP contribution is -2.74. The second-order valence-corrected chi connectivity index (χ2v) is 8.05. The van der Waals surface area contributed by atoms with Crippen LogP contribution in [0.1, 0.15) is 25.7 Å². The zero-order chi connectivity index (χ0) is 25.1. The molecule has 2 saturated heterocycles. The summed E-state index contributed by atoms with van der Waals surface area (Å²) in [5, 5.41) is 17.3. The largest absolute Gasteiger partial charge is 0.469 e. The molecular formula is C20H34N4O10. The Kier molecular flexibility index (Phi) is 11.6. The first-order valence-electron chi connectivity index (χ1n) is 11.1. The Hall–Kier alpha value is -2.36. The van der Waals surface area contributed by atoms with Crippen LogP contribution in [0, 0.1) is 0 Å². The fourth-order valence-corrected chi connectivity index (χ4v) is 4.47. The van der Waals surface area contributed by atoms with Crippen LogP contribution in [0.25, 0.3) is 0 Å². The van der Waals surface area contributed by atoms with E-state index in [9.17, 15) is 19.2 Å². The van der Waals surface area contributed by atoms with Gasteiger partial charge in [-0.05, 0) is 0 Å². The molecule has 0 aromatic carbocycles. The van der Waals surface area contributed by atoms with Crippen molar-refractivity contribution < 1.29 is 48.9 Å². The SMILES string of the molecule is COC(=O)CCN1CCN(CCC(=O)OC)C2C1N(CCC(=O)OO)CCN2CCC(=O)OO. The average Bonchev–Trinajstić information content (AvgIpc) is 2.87. The summed E-state index contributed by atoms with van der Waals surface area (Å²) >= 11 is 0. The van der Waals surface area contributed by atoms with Crippen molar-refractivity contribution >= 4 is 23.9 Å². The van der Waals surface area contributed by atoms with E-state index in [-0.39, 0.29) is 50.0 Å². The van der Waals surface area contributed by atoms with Crippen molar-refractivity contribution in [3.8, 4) is 0 Å². The van der Waals surface area contributed by atoms with Gasteiger partial charge in [0.15, 0.2) is 0 Å². The summed E-state index contributed by atoms with van der Waals surface area (Å²) in [6, 6.07) is 0. The highest BCUT2D eigenvalue weighted by atomic mass is 17.1. The Morgan fingerprint density at radius 1 is 0.588 bits per heavy atom. The van der Waals surface area contributed by atoms with Crippen molar-refractivity contribution in [2.75, 3.05) is 66.6 Å². The highest BCUT2D eigenvalue weighted by molar-refractivity contribution is 5.70. The molecule has 0 amide bonds. The molecule has 2 fully saturated rings. The Labute approximate surface area is 197 Å². The molecule has 2 N–H and O–H groups in total. The van der Waals surface area contributed by atoms with E-state index in [0.29, 0.717) is 52.4 Å². The van der Waals surface area contributed by atoms with Crippen LogP contribution in [-0.2, 0) is 38.4 Å². The van der Waals surface area contributed by atoms with Gasteiger partial charge in [0.05, 0.1) is 52.2 Å². The predicted molar refractivity (Wildman–Crippen MR) is 114 cm³/mol. The molecule has 0 bridgehead atoms. The van der Waals surface area contributed by atoms with Crippen LogP contribution in [0.5, 0.6) is 0 Å². The van der Waals surface area contributed by atoms with Gasteiger partial charge in [0.25, 0.3) is 0 Å². The first-order valence-corrected chi connectivity index (χ1v) is 11.1. The van der Waals surface area contributed by atoms with Crippen molar-refractivity contribution in [1.82, 2.24) is 19.6 Å². The summed E-state index contributed by atoms with van der Waals surface area (Å²) in [5.74, 6) is -2.22. The number of carbonyl (C=O) groups is 4. The number of nitrogens with zero attached hydrogens (tertiary/aromatic N) is 4. The van der Waals surface area contributed by atoms with Crippen molar-refractivity contribution in [3.63, 3.8) is 0 Å². The molecule has 194 valence electrons. The molecule has 2 unspecified atom stereocenters. The molecule has 0 aliphatic carbocycles. The lowest BCUT2D eigenvalue weighted by Gasteiger charge is -2.58. The van der Waals surface area contributed by atoms with Gasteiger partial charge in [-0.1, -0.05) is 0 Å². The number of carbonyl (C=O) groups excluding carboxylic acids is 4. The number of piperazine rings is 2. The Morgan fingerprint density at radius 2 is 0.853 bits per heavy atom. The van der Waals surface area contributed by atoms with Gasteiger partial charge in [0.1, 0.15) is 0 Å². The van der Waals surface area contributed by atoms with E-state index < -0.39 is 11.9 Å². The van der Waals surface area contributed by atoms with Crippen molar-refractivity contribution in [2.24, 2.45) is 0 Å². The zero-order valence-electron chi connectivity index (χ0n) is 19.6. The van der Waals surface area contributed by atoms with Gasteiger partial charge in [0.2, 0.25) is 0 Å². The first-order chi connectivity index (χ1) is 16.3. The second kappa shape index (κ2) is 14.1. The highest BCUT2D eigenvalue weighted by Crippen LogP contribution is 2.28. The third kappa shape index (κ3) is 7.85. The summed E-state index contributed by atoms with van der Waals surface area (Å²) in [7, 11) is 2.65. The summed E-state index contributed by atoms with van der Waals surface area (Å²) in [4.78, 5) is 62.7. The number of hydrogen-bond donors (Lipinski definition) is 2. The lowest BCUT2D eigenvalue weighted by atomic mass is 10.1.